The van der Waals surface area contributed by atoms with Crippen molar-refractivity contribution in [2.24, 2.45) is 11.0 Å². The number of halogens is 1. The summed E-state index contributed by atoms with van der Waals surface area (Å²) in [6.45, 7) is 0. The molecular weight excluding hydrogens is 516 g/mol. The first-order valence-corrected chi connectivity index (χ1v) is 12.4. The maximum atomic E-state index is 13.0. The smallest absolute Gasteiger partial charge is 0.343 e. The highest BCUT2D eigenvalue weighted by Gasteiger charge is 2.60. The highest BCUT2D eigenvalue weighted by molar-refractivity contribution is 9.10. The second-order valence-electron chi connectivity index (χ2n) is 8.66. The zero-order valence-electron chi connectivity index (χ0n) is 19.3. The van der Waals surface area contributed by atoms with Crippen molar-refractivity contribution in [3.63, 3.8) is 0 Å². The average Bonchev–Trinajstić information content (AvgIpc) is 3.68. The molecular formula is C30H23BrN2O3. The third-order valence-electron chi connectivity index (χ3n) is 6.39. The SMILES string of the molecule is O=C(Oc1ccc(/C=N/NC(=O)C2CC2(c2ccccc2)c2ccccc2)cc1)c1cccc(Br)c1. The van der Waals surface area contributed by atoms with Crippen LogP contribution in [0.15, 0.2) is 119 Å². The van der Waals surface area contributed by atoms with E-state index in [0.717, 1.165) is 27.6 Å². The Hall–Kier alpha value is -4.03. The summed E-state index contributed by atoms with van der Waals surface area (Å²) >= 11 is 3.35. The lowest BCUT2D eigenvalue weighted by molar-refractivity contribution is -0.122. The second-order valence-corrected chi connectivity index (χ2v) is 9.58. The number of amides is 1. The molecule has 6 heteroatoms. The Kier molecular flexibility index (Phi) is 6.78. The van der Waals surface area contributed by atoms with E-state index >= 15 is 0 Å². The summed E-state index contributed by atoms with van der Waals surface area (Å²) in [4.78, 5) is 25.3. The Balaban J connectivity index is 1.22. The van der Waals surface area contributed by atoms with Gasteiger partial charge in [-0.15, -0.1) is 0 Å². The topological polar surface area (TPSA) is 67.8 Å². The lowest BCUT2D eigenvalue weighted by atomic mass is 9.85. The van der Waals surface area contributed by atoms with Gasteiger partial charge in [0.05, 0.1) is 17.7 Å². The molecule has 0 aliphatic heterocycles. The quantitative estimate of drug-likeness (QED) is 0.133. The third-order valence-corrected chi connectivity index (χ3v) is 6.89. The predicted molar refractivity (Wildman–Crippen MR) is 143 cm³/mol. The van der Waals surface area contributed by atoms with Crippen LogP contribution in [-0.4, -0.2) is 18.1 Å². The molecule has 178 valence electrons. The fourth-order valence-corrected chi connectivity index (χ4v) is 4.91. The number of hydrogen-bond acceptors (Lipinski definition) is 4. The molecule has 0 radical (unpaired) electrons. The second kappa shape index (κ2) is 10.3. The predicted octanol–water partition coefficient (Wildman–Crippen LogP) is 6.12. The highest BCUT2D eigenvalue weighted by Crippen LogP contribution is 2.58. The van der Waals surface area contributed by atoms with Crippen LogP contribution >= 0.6 is 15.9 Å². The summed E-state index contributed by atoms with van der Waals surface area (Å²) in [5, 5.41) is 4.17. The minimum Gasteiger partial charge on any atom is -0.423 e. The van der Waals surface area contributed by atoms with Gasteiger partial charge in [-0.05, 0) is 65.6 Å². The van der Waals surface area contributed by atoms with Gasteiger partial charge < -0.3 is 4.74 Å². The molecule has 1 atom stereocenters. The summed E-state index contributed by atoms with van der Waals surface area (Å²) in [5.41, 5.74) is 5.86. The van der Waals surface area contributed by atoms with Crippen LogP contribution in [0.5, 0.6) is 5.75 Å². The van der Waals surface area contributed by atoms with Gasteiger partial charge in [0.1, 0.15) is 5.75 Å². The number of nitrogens with one attached hydrogen (secondary N) is 1. The first-order valence-electron chi connectivity index (χ1n) is 11.6. The van der Waals surface area contributed by atoms with Gasteiger partial charge in [0.15, 0.2) is 0 Å². The van der Waals surface area contributed by atoms with Crippen molar-refractivity contribution in [2.45, 2.75) is 11.8 Å². The molecule has 5 rings (SSSR count). The van der Waals surface area contributed by atoms with Crippen molar-refractivity contribution in [1.82, 2.24) is 5.43 Å². The molecule has 36 heavy (non-hydrogen) atoms. The monoisotopic (exact) mass is 538 g/mol. The summed E-state index contributed by atoms with van der Waals surface area (Å²) in [7, 11) is 0. The van der Waals surface area contributed by atoms with Crippen molar-refractivity contribution in [2.75, 3.05) is 0 Å². The molecule has 0 spiro atoms. The Morgan fingerprint density at radius 3 is 2.11 bits per heavy atom. The standard InChI is InChI=1S/C30H23BrN2O3/c31-25-13-7-8-22(18-25)29(35)36-26-16-14-21(15-17-26)20-32-33-28(34)27-19-30(27,23-9-3-1-4-10-23)24-11-5-2-6-12-24/h1-18,20,27H,19H2,(H,33,34)/b32-20+. The molecule has 1 amide bonds. The van der Waals surface area contributed by atoms with Gasteiger partial charge in [0.25, 0.3) is 0 Å². The van der Waals surface area contributed by atoms with Crippen LogP contribution < -0.4 is 10.2 Å². The lowest BCUT2D eigenvalue weighted by Crippen LogP contribution is -2.25. The number of rotatable bonds is 7. The zero-order chi connectivity index (χ0) is 25.0. The van der Waals surface area contributed by atoms with Gasteiger partial charge in [0, 0.05) is 9.89 Å². The zero-order valence-corrected chi connectivity index (χ0v) is 20.9. The van der Waals surface area contributed by atoms with E-state index in [0.29, 0.717) is 11.3 Å². The minimum absolute atomic E-state index is 0.112. The maximum Gasteiger partial charge on any atom is 0.343 e. The lowest BCUT2D eigenvalue weighted by Gasteiger charge is -2.18. The first-order chi connectivity index (χ1) is 17.6. The van der Waals surface area contributed by atoms with E-state index in [2.05, 4.69) is 50.7 Å². The maximum absolute atomic E-state index is 13.0. The number of carbonyl (C=O) groups is 2. The van der Waals surface area contributed by atoms with E-state index < -0.39 is 5.97 Å². The van der Waals surface area contributed by atoms with Gasteiger partial charge in [-0.3, -0.25) is 4.79 Å². The van der Waals surface area contributed by atoms with Crippen molar-refractivity contribution >= 4 is 34.0 Å². The Morgan fingerprint density at radius 1 is 0.861 bits per heavy atom. The van der Waals surface area contributed by atoms with Crippen molar-refractivity contribution in [3.05, 3.63) is 136 Å². The number of hydrazone groups is 1. The molecule has 1 aliphatic rings. The Labute approximate surface area is 218 Å². The number of nitrogens with zero attached hydrogens (tertiary/aromatic N) is 1. The van der Waals surface area contributed by atoms with Crippen LogP contribution in [0.4, 0.5) is 0 Å². The molecule has 5 nitrogen and oxygen atoms in total. The van der Waals surface area contributed by atoms with Crippen LogP contribution in [0.2, 0.25) is 0 Å². The van der Waals surface area contributed by atoms with E-state index in [1.54, 1.807) is 48.7 Å². The van der Waals surface area contributed by atoms with Crippen LogP contribution in [0, 0.1) is 5.92 Å². The summed E-state index contributed by atoms with van der Waals surface area (Å²) in [6, 6.07) is 34.2. The normalized spacial score (nSPS) is 15.9. The van der Waals surface area contributed by atoms with E-state index in [1.807, 2.05) is 42.5 Å². The molecule has 4 aromatic carbocycles. The van der Waals surface area contributed by atoms with Gasteiger partial charge >= 0.3 is 5.97 Å². The highest BCUT2D eigenvalue weighted by atomic mass is 79.9. The van der Waals surface area contributed by atoms with Gasteiger partial charge in [-0.1, -0.05) is 82.7 Å². The largest absolute Gasteiger partial charge is 0.423 e. The number of hydrogen-bond donors (Lipinski definition) is 1. The van der Waals surface area contributed by atoms with Crippen molar-refractivity contribution in [3.8, 4) is 5.75 Å². The van der Waals surface area contributed by atoms with E-state index in [1.165, 1.54) is 0 Å². The average molecular weight is 539 g/mol. The van der Waals surface area contributed by atoms with E-state index in [9.17, 15) is 9.59 Å². The fraction of sp³-hybridized carbons (Fsp3) is 0.100. The molecule has 0 saturated heterocycles. The number of carbonyl (C=O) groups excluding carboxylic acids is 2. The summed E-state index contributed by atoms with van der Waals surface area (Å²) in [5.74, 6) is -0.317. The van der Waals surface area contributed by atoms with Gasteiger partial charge in [-0.2, -0.15) is 5.10 Å². The first kappa shape index (κ1) is 23.7. The molecule has 1 aliphatic carbocycles. The molecule has 0 bridgehead atoms. The van der Waals surface area contributed by atoms with Crippen LogP contribution in [0.25, 0.3) is 0 Å². The van der Waals surface area contributed by atoms with Crippen LogP contribution in [0.1, 0.15) is 33.5 Å². The molecule has 1 unspecified atom stereocenters. The van der Waals surface area contributed by atoms with Gasteiger partial charge in [-0.25, -0.2) is 10.2 Å². The molecule has 0 heterocycles. The van der Waals surface area contributed by atoms with Crippen molar-refractivity contribution < 1.29 is 14.3 Å². The Bertz CT molecular complexity index is 1360. The molecule has 1 N–H and O–H groups in total. The van der Waals surface area contributed by atoms with Crippen LogP contribution in [-0.2, 0) is 10.2 Å². The summed E-state index contributed by atoms with van der Waals surface area (Å²) < 4.78 is 6.23. The van der Waals surface area contributed by atoms with Crippen LogP contribution in [0.3, 0.4) is 0 Å². The number of benzene rings is 4. The third kappa shape index (κ3) is 4.99. The van der Waals surface area contributed by atoms with Crippen molar-refractivity contribution in [1.29, 1.82) is 0 Å². The molecule has 4 aromatic rings. The minimum atomic E-state index is -0.435. The Morgan fingerprint density at radius 2 is 1.50 bits per heavy atom. The molecule has 0 aromatic heterocycles. The summed E-state index contributed by atoms with van der Waals surface area (Å²) in [6.07, 6.45) is 2.31. The van der Waals surface area contributed by atoms with E-state index in [-0.39, 0.29) is 17.2 Å². The van der Waals surface area contributed by atoms with E-state index in [4.69, 9.17) is 4.74 Å². The molecule has 1 fully saturated rings. The fourth-order valence-electron chi connectivity index (χ4n) is 4.51. The number of esters is 1. The van der Waals surface area contributed by atoms with Gasteiger partial charge in [0.2, 0.25) is 5.91 Å². The number of ether oxygens (including phenoxy) is 1. The molecule has 1 saturated carbocycles.